The third-order valence-electron chi connectivity index (χ3n) is 3.33. The van der Waals surface area contributed by atoms with E-state index in [1.807, 2.05) is 12.1 Å². The first-order valence-electron chi connectivity index (χ1n) is 7.02. The fraction of sp³-hybridized carbons (Fsp3) is 0.0556. The van der Waals surface area contributed by atoms with Gasteiger partial charge in [0.1, 0.15) is 18.1 Å². The predicted molar refractivity (Wildman–Crippen MR) is 89.5 cm³/mol. The van der Waals surface area contributed by atoms with Gasteiger partial charge >= 0.3 is 0 Å². The zero-order chi connectivity index (χ0) is 16.2. The number of aliphatic hydroxyl groups is 1. The third-order valence-corrected chi connectivity index (χ3v) is 3.57. The molecule has 0 fully saturated rings. The Morgan fingerprint density at radius 2 is 1.87 bits per heavy atom. The van der Waals surface area contributed by atoms with E-state index in [0.29, 0.717) is 27.8 Å². The van der Waals surface area contributed by atoms with Crippen LogP contribution in [0.3, 0.4) is 0 Å². The van der Waals surface area contributed by atoms with Crippen LogP contribution < -0.4 is 5.32 Å². The molecule has 5 heteroatoms. The molecule has 0 saturated heterocycles. The van der Waals surface area contributed by atoms with Crippen molar-refractivity contribution < 1.29 is 14.3 Å². The molecule has 0 aliphatic rings. The molecule has 0 unspecified atom stereocenters. The number of halogens is 1. The minimum Gasteiger partial charge on any atom is -0.459 e. The van der Waals surface area contributed by atoms with E-state index in [9.17, 15) is 4.79 Å². The standard InChI is InChI=1S/C18H14ClNO3/c19-14-3-1-2-13(10-14)18(22)20-15-6-4-12(5-7-15)17-9-8-16(11-21)23-17/h1-10,21H,11H2,(H,20,22). The van der Waals surface area contributed by atoms with Crippen molar-refractivity contribution in [1.29, 1.82) is 0 Å². The lowest BCUT2D eigenvalue weighted by Gasteiger charge is -2.06. The van der Waals surface area contributed by atoms with Gasteiger partial charge in [0, 0.05) is 21.8 Å². The molecule has 1 heterocycles. The second-order valence-electron chi connectivity index (χ2n) is 4.97. The summed E-state index contributed by atoms with van der Waals surface area (Å²) in [5, 5.41) is 12.3. The summed E-state index contributed by atoms with van der Waals surface area (Å²) in [5.74, 6) is 0.959. The summed E-state index contributed by atoms with van der Waals surface area (Å²) in [7, 11) is 0. The number of anilines is 1. The van der Waals surface area contributed by atoms with Crippen molar-refractivity contribution in [2.24, 2.45) is 0 Å². The van der Waals surface area contributed by atoms with Crippen molar-refractivity contribution in [3.8, 4) is 11.3 Å². The van der Waals surface area contributed by atoms with Gasteiger partial charge in [0.05, 0.1) is 0 Å². The SMILES string of the molecule is O=C(Nc1ccc(-c2ccc(CO)o2)cc1)c1cccc(Cl)c1. The van der Waals surface area contributed by atoms with E-state index in [4.69, 9.17) is 21.1 Å². The molecular weight excluding hydrogens is 314 g/mol. The smallest absolute Gasteiger partial charge is 0.255 e. The van der Waals surface area contributed by atoms with Gasteiger partial charge in [0.25, 0.3) is 5.91 Å². The molecule has 116 valence electrons. The minimum atomic E-state index is -0.221. The Bertz CT molecular complexity index is 824. The van der Waals surface area contributed by atoms with Gasteiger partial charge in [-0.2, -0.15) is 0 Å². The average molecular weight is 328 g/mol. The zero-order valence-corrected chi connectivity index (χ0v) is 12.9. The van der Waals surface area contributed by atoms with Gasteiger partial charge in [-0.25, -0.2) is 0 Å². The van der Waals surface area contributed by atoms with Gasteiger partial charge in [-0.15, -0.1) is 0 Å². The predicted octanol–water partition coefficient (Wildman–Crippen LogP) is 4.34. The molecule has 0 radical (unpaired) electrons. The number of aliphatic hydroxyl groups excluding tert-OH is 1. The van der Waals surface area contributed by atoms with Crippen molar-refractivity contribution in [2.75, 3.05) is 5.32 Å². The number of carbonyl (C=O) groups excluding carboxylic acids is 1. The van der Waals surface area contributed by atoms with E-state index >= 15 is 0 Å². The first-order valence-corrected chi connectivity index (χ1v) is 7.40. The van der Waals surface area contributed by atoms with Crippen LogP contribution >= 0.6 is 11.6 Å². The number of carbonyl (C=O) groups is 1. The van der Waals surface area contributed by atoms with Crippen molar-refractivity contribution in [2.45, 2.75) is 6.61 Å². The molecule has 0 spiro atoms. The number of hydrogen-bond acceptors (Lipinski definition) is 3. The highest BCUT2D eigenvalue weighted by molar-refractivity contribution is 6.31. The monoisotopic (exact) mass is 327 g/mol. The molecule has 0 atom stereocenters. The summed E-state index contributed by atoms with van der Waals surface area (Å²) in [4.78, 5) is 12.1. The van der Waals surface area contributed by atoms with Crippen LogP contribution in [0.25, 0.3) is 11.3 Å². The maximum atomic E-state index is 12.1. The summed E-state index contributed by atoms with van der Waals surface area (Å²) in [6, 6.07) is 17.6. The molecule has 4 nitrogen and oxygen atoms in total. The quantitative estimate of drug-likeness (QED) is 0.749. The van der Waals surface area contributed by atoms with Crippen LogP contribution in [0, 0.1) is 0 Å². The number of furan rings is 1. The molecule has 0 aliphatic carbocycles. The van der Waals surface area contributed by atoms with Crippen LogP contribution in [0.2, 0.25) is 5.02 Å². The number of benzene rings is 2. The van der Waals surface area contributed by atoms with Crippen molar-refractivity contribution in [3.63, 3.8) is 0 Å². The van der Waals surface area contributed by atoms with E-state index in [2.05, 4.69) is 5.32 Å². The Morgan fingerprint density at radius 3 is 2.52 bits per heavy atom. The Hall–Kier alpha value is -2.56. The van der Waals surface area contributed by atoms with Gasteiger partial charge < -0.3 is 14.8 Å². The molecule has 1 aromatic heterocycles. The summed E-state index contributed by atoms with van der Waals surface area (Å²) in [6.07, 6.45) is 0. The second kappa shape index (κ2) is 6.69. The first kappa shape index (κ1) is 15.3. The maximum Gasteiger partial charge on any atom is 0.255 e. The van der Waals surface area contributed by atoms with E-state index in [1.54, 1.807) is 48.5 Å². The first-order chi connectivity index (χ1) is 11.2. The number of hydrogen-bond donors (Lipinski definition) is 2. The van der Waals surface area contributed by atoms with Crippen molar-refractivity contribution >= 4 is 23.2 Å². The van der Waals surface area contributed by atoms with E-state index in [1.165, 1.54) is 0 Å². The van der Waals surface area contributed by atoms with Gasteiger partial charge in [-0.3, -0.25) is 4.79 Å². The highest BCUT2D eigenvalue weighted by Gasteiger charge is 2.08. The largest absolute Gasteiger partial charge is 0.459 e. The molecule has 2 aromatic carbocycles. The van der Waals surface area contributed by atoms with Gasteiger partial charge in [-0.1, -0.05) is 17.7 Å². The molecule has 23 heavy (non-hydrogen) atoms. The fourth-order valence-electron chi connectivity index (χ4n) is 2.17. The topological polar surface area (TPSA) is 62.5 Å². The normalized spacial score (nSPS) is 10.5. The van der Waals surface area contributed by atoms with Gasteiger partial charge in [0.15, 0.2) is 0 Å². The zero-order valence-electron chi connectivity index (χ0n) is 12.1. The van der Waals surface area contributed by atoms with Crippen LogP contribution in [-0.4, -0.2) is 11.0 Å². The highest BCUT2D eigenvalue weighted by Crippen LogP contribution is 2.24. The lowest BCUT2D eigenvalue weighted by Crippen LogP contribution is -2.11. The van der Waals surface area contributed by atoms with Crippen molar-refractivity contribution in [1.82, 2.24) is 0 Å². The van der Waals surface area contributed by atoms with Crippen LogP contribution in [0.15, 0.2) is 65.1 Å². The summed E-state index contributed by atoms with van der Waals surface area (Å²) >= 11 is 5.89. The Kier molecular flexibility index (Phi) is 4.46. The molecule has 2 N–H and O–H groups in total. The number of rotatable bonds is 4. The molecule has 0 bridgehead atoms. The van der Waals surface area contributed by atoms with Crippen molar-refractivity contribution in [3.05, 3.63) is 77.0 Å². The Balaban J connectivity index is 1.73. The van der Waals surface area contributed by atoms with E-state index in [0.717, 1.165) is 5.56 Å². The average Bonchev–Trinajstić information content (AvgIpc) is 3.04. The maximum absolute atomic E-state index is 12.1. The van der Waals surface area contributed by atoms with Crippen LogP contribution in [0.1, 0.15) is 16.1 Å². The molecule has 3 aromatic rings. The highest BCUT2D eigenvalue weighted by atomic mass is 35.5. The van der Waals surface area contributed by atoms with E-state index < -0.39 is 0 Å². The van der Waals surface area contributed by atoms with Crippen LogP contribution in [0.4, 0.5) is 5.69 Å². The summed E-state index contributed by atoms with van der Waals surface area (Å²) in [5.41, 5.74) is 2.04. The minimum absolute atomic E-state index is 0.131. The lowest BCUT2D eigenvalue weighted by molar-refractivity contribution is 0.102. The number of amides is 1. The second-order valence-corrected chi connectivity index (χ2v) is 5.40. The van der Waals surface area contributed by atoms with E-state index in [-0.39, 0.29) is 12.5 Å². The number of nitrogens with one attached hydrogen (secondary N) is 1. The molecule has 1 amide bonds. The van der Waals surface area contributed by atoms with Crippen LogP contribution in [-0.2, 0) is 6.61 Å². The Labute approximate surface area is 138 Å². The lowest BCUT2D eigenvalue weighted by atomic mass is 10.1. The molecule has 3 rings (SSSR count). The fourth-order valence-corrected chi connectivity index (χ4v) is 2.36. The molecular formula is C18H14ClNO3. The molecule has 0 saturated carbocycles. The summed E-state index contributed by atoms with van der Waals surface area (Å²) in [6.45, 7) is -0.131. The van der Waals surface area contributed by atoms with Crippen LogP contribution in [0.5, 0.6) is 0 Å². The Morgan fingerprint density at radius 1 is 1.09 bits per heavy atom. The third kappa shape index (κ3) is 3.62. The molecule has 0 aliphatic heterocycles. The van der Waals surface area contributed by atoms with Gasteiger partial charge in [-0.05, 0) is 54.6 Å². The van der Waals surface area contributed by atoms with Gasteiger partial charge in [0.2, 0.25) is 0 Å². The summed E-state index contributed by atoms with van der Waals surface area (Å²) < 4.78 is 5.47.